The Morgan fingerprint density at radius 2 is 2.28 bits per heavy atom. The third-order valence-corrected chi connectivity index (χ3v) is 3.76. The van der Waals surface area contributed by atoms with Gasteiger partial charge in [-0.2, -0.15) is 0 Å². The molecule has 94 valence electrons. The fraction of sp³-hybridized carbons (Fsp3) is 0.429. The molecule has 2 aromatic rings. The lowest BCUT2D eigenvalue weighted by Crippen LogP contribution is -2.29. The van der Waals surface area contributed by atoms with Crippen molar-refractivity contribution >= 4 is 22.4 Å². The molecule has 1 aromatic carbocycles. The zero-order valence-electron chi connectivity index (χ0n) is 10.6. The first-order chi connectivity index (χ1) is 8.79. The summed E-state index contributed by atoms with van der Waals surface area (Å²) in [7, 11) is 0. The zero-order valence-corrected chi connectivity index (χ0v) is 10.6. The molecule has 0 radical (unpaired) electrons. The van der Waals surface area contributed by atoms with Gasteiger partial charge in [-0.25, -0.2) is 9.97 Å². The fourth-order valence-corrected chi connectivity index (χ4v) is 2.83. The summed E-state index contributed by atoms with van der Waals surface area (Å²) in [6.07, 6.45) is 5.32. The quantitative estimate of drug-likeness (QED) is 0.822. The predicted molar refractivity (Wildman–Crippen MR) is 74.6 cm³/mol. The van der Waals surface area contributed by atoms with Crippen LogP contribution in [0.3, 0.4) is 0 Å². The number of nitrogen functional groups attached to an aromatic ring is 1. The lowest BCUT2D eigenvalue weighted by Gasteiger charge is -2.25. The lowest BCUT2D eigenvalue weighted by molar-refractivity contribution is 0.642. The van der Waals surface area contributed by atoms with Crippen LogP contribution in [0.1, 0.15) is 26.2 Å². The van der Waals surface area contributed by atoms with Crippen molar-refractivity contribution in [2.75, 3.05) is 17.2 Å². The van der Waals surface area contributed by atoms with Gasteiger partial charge in [-0.1, -0.05) is 6.92 Å². The number of nitrogens with two attached hydrogens (primary N) is 1. The molecule has 1 saturated heterocycles. The molecule has 1 fully saturated rings. The molecule has 2 heterocycles. The number of benzene rings is 1. The molecule has 1 unspecified atom stereocenters. The van der Waals surface area contributed by atoms with Crippen molar-refractivity contribution in [2.45, 2.75) is 32.2 Å². The molecule has 2 N–H and O–H groups in total. The number of aromatic nitrogens is 2. The van der Waals surface area contributed by atoms with Crippen LogP contribution in [-0.2, 0) is 0 Å². The molecule has 0 spiro atoms. The Morgan fingerprint density at radius 1 is 1.39 bits per heavy atom. The summed E-state index contributed by atoms with van der Waals surface area (Å²) in [6.45, 7) is 3.33. The number of rotatable bonds is 2. The van der Waals surface area contributed by atoms with E-state index < -0.39 is 0 Å². The van der Waals surface area contributed by atoms with E-state index in [0.717, 1.165) is 29.0 Å². The monoisotopic (exact) mass is 242 g/mol. The number of anilines is 2. The first-order valence-electron chi connectivity index (χ1n) is 6.56. The van der Waals surface area contributed by atoms with Crippen LogP contribution < -0.4 is 10.6 Å². The standard InChI is InChI=1S/C14H18N4/c1-2-11-4-3-7-18(11)14-12-6-5-10(15)8-13(12)16-9-17-14/h5-6,8-9,11H,2-4,7,15H2,1H3. The van der Waals surface area contributed by atoms with Crippen molar-refractivity contribution in [3.8, 4) is 0 Å². The van der Waals surface area contributed by atoms with E-state index in [-0.39, 0.29) is 0 Å². The molecule has 0 bridgehead atoms. The lowest BCUT2D eigenvalue weighted by atomic mass is 10.1. The minimum Gasteiger partial charge on any atom is -0.399 e. The van der Waals surface area contributed by atoms with Crippen LogP contribution in [0, 0.1) is 0 Å². The van der Waals surface area contributed by atoms with Crippen molar-refractivity contribution in [1.29, 1.82) is 0 Å². The summed E-state index contributed by atoms with van der Waals surface area (Å²) in [5, 5.41) is 1.10. The summed E-state index contributed by atoms with van der Waals surface area (Å²) in [4.78, 5) is 11.2. The van der Waals surface area contributed by atoms with E-state index in [1.165, 1.54) is 19.3 Å². The second-order valence-electron chi connectivity index (χ2n) is 4.87. The summed E-state index contributed by atoms with van der Waals surface area (Å²) in [5.41, 5.74) is 7.49. The first-order valence-corrected chi connectivity index (χ1v) is 6.56. The predicted octanol–water partition coefficient (Wildman–Crippen LogP) is 2.59. The van der Waals surface area contributed by atoms with Gasteiger partial charge < -0.3 is 10.6 Å². The molecule has 4 nitrogen and oxygen atoms in total. The molecule has 0 saturated carbocycles. The van der Waals surface area contributed by atoms with Crippen LogP contribution in [0.4, 0.5) is 11.5 Å². The van der Waals surface area contributed by atoms with Crippen LogP contribution in [0.15, 0.2) is 24.5 Å². The van der Waals surface area contributed by atoms with Gasteiger partial charge in [0.2, 0.25) is 0 Å². The van der Waals surface area contributed by atoms with E-state index in [1.807, 2.05) is 18.2 Å². The maximum Gasteiger partial charge on any atom is 0.140 e. The summed E-state index contributed by atoms with van der Waals surface area (Å²) < 4.78 is 0. The highest BCUT2D eigenvalue weighted by Gasteiger charge is 2.25. The van der Waals surface area contributed by atoms with Crippen molar-refractivity contribution in [2.24, 2.45) is 0 Å². The average Bonchev–Trinajstić information content (AvgIpc) is 2.85. The van der Waals surface area contributed by atoms with Crippen LogP contribution in [-0.4, -0.2) is 22.6 Å². The number of fused-ring (bicyclic) bond motifs is 1. The number of hydrogen-bond donors (Lipinski definition) is 1. The van der Waals surface area contributed by atoms with Gasteiger partial charge >= 0.3 is 0 Å². The highest BCUT2D eigenvalue weighted by Crippen LogP contribution is 2.31. The van der Waals surface area contributed by atoms with E-state index in [0.29, 0.717) is 6.04 Å². The van der Waals surface area contributed by atoms with Gasteiger partial charge in [0.05, 0.1) is 5.52 Å². The van der Waals surface area contributed by atoms with Gasteiger partial charge in [0.25, 0.3) is 0 Å². The van der Waals surface area contributed by atoms with E-state index >= 15 is 0 Å². The van der Waals surface area contributed by atoms with E-state index in [4.69, 9.17) is 5.73 Å². The maximum absolute atomic E-state index is 5.81. The Balaban J connectivity index is 2.11. The highest BCUT2D eigenvalue weighted by molar-refractivity contribution is 5.91. The molecule has 1 atom stereocenters. The maximum atomic E-state index is 5.81. The Hall–Kier alpha value is -1.84. The third kappa shape index (κ3) is 1.78. The van der Waals surface area contributed by atoms with Gasteiger partial charge in [-0.05, 0) is 37.5 Å². The first kappa shape index (κ1) is 11.3. The molecular formula is C14H18N4. The minimum atomic E-state index is 0.612. The Bertz CT molecular complexity index is 567. The normalized spacial score (nSPS) is 19.6. The van der Waals surface area contributed by atoms with Gasteiger partial charge in [0.15, 0.2) is 0 Å². The molecule has 18 heavy (non-hydrogen) atoms. The second-order valence-corrected chi connectivity index (χ2v) is 4.87. The fourth-order valence-electron chi connectivity index (χ4n) is 2.83. The van der Waals surface area contributed by atoms with Crippen molar-refractivity contribution in [1.82, 2.24) is 9.97 Å². The van der Waals surface area contributed by atoms with Crippen molar-refractivity contribution in [3.05, 3.63) is 24.5 Å². The smallest absolute Gasteiger partial charge is 0.140 e. The molecular weight excluding hydrogens is 224 g/mol. The SMILES string of the molecule is CCC1CCCN1c1ncnc2cc(N)ccc12. The third-order valence-electron chi connectivity index (χ3n) is 3.76. The Morgan fingerprint density at radius 3 is 3.11 bits per heavy atom. The number of hydrogen-bond acceptors (Lipinski definition) is 4. The summed E-state index contributed by atoms with van der Waals surface area (Å²) in [5.74, 6) is 1.06. The molecule has 3 rings (SSSR count). The van der Waals surface area contributed by atoms with Crippen LogP contribution in [0.5, 0.6) is 0 Å². The Kier molecular flexibility index (Phi) is 2.78. The molecule has 0 aliphatic carbocycles. The summed E-state index contributed by atoms with van der Waals surface area (Å²) >= 11 is 0. The summed E-state index contributed by atoms with van der Waals surface area (Å²) in [6, 6.07) is 6.48. The van der Waals surface area contributed by atoms with Gasteiger partial charge in [0, 0.05) is 23.7 Å². The average molecular weight is 242 g/mol. The molecule has 1 aliphatic rings. The molecule has 4 heteroatoms. The van der Waals surface area contributed by atoms with E-state index in [2.05, 4.69) is 21.8 Å². The minimum absolute atomic E-state index is 0.612. The van der Waals surface area contributed by atoms with Gasteiger partial charge in [0.1, 0.15) is 12.1 Å². The zero-order chi connectivity index (χ0) is 12.5. The van der Waals surface area contributed by atoms with E-state index in [9.17, 15) is 0 Å². The van der Waals surface area contributed by atoms with Crippen molar-refractivity contribution < 1.29 is 0 Å². The van der Waals surface area contributed by atoms with Gasteiger partial charge in [-0.15, -0.1) is 0 Å². The topological polar surface area (TPSA) is 55.0 Å². The van der Waals surface area contributed by atoms with Crippen LogP contribution >= 0.6 is 0 Å². The second kappa shape index (κ2) is 4.44. The largest absolute Gasteiger partial charge is 0.399 e. The van der Waals surface area contributed by atoms with Crippen LogP contribution in [0.25, 0.3) is 10.9 Å². The molecule has 1 aliphatic heterocycles. The van der Waals surface area contributed by atoms with Crippen molar-refractivity contribution in [3.63, 3.8) is 0 Å². The van der Waals surface area contributed by atoms with E-state index in [1.54, 1.807) is 6.33 Å². The Labute approximate surface area is 107 Å². The van der Waals surface area contributed by atoms with Gasteiger partial charge in [-0.3, -0.25) is 0 Å². The molecule has 1 aromatic heterocycles. The highest BCUT2D eigenvalue weighted by atomic mass is 15.2. The van der Waals surface area contributed by atoms with Crippen LogP contribution in [0.2, 0.25) is 0 Å². The number of nitrogens with zero attached hydrogens (tertiary/aromatic N) is 3. The molecule has 0 amide bonds.